The normalized spacial score (nSPS) is 11.3. The van der Waals surface area contributed by atoms with Gasteiger partial charge in [0, 0.05) is 17.6 Å². The molecule has 4 N–H and O–H groups in total. The molecule has 0 aromatic heterocycles. The van der Waals surface area contributed by atoms with Crippen molar-refractivity contribution < 1.29 is 0 Å². The highest BCUT2D eigenvalue weighted by atomic mass is 15.4. The lowest BCUT2D eigenvalue weighted by molar-refractivity contribution is 0.437. The zero-order valence-corrected chi connectivity index (χ0v) is 6.59. The third kappa shape index (κ3) is 2.11. The second-order valence-electron chi connectivity index (χ2n) is 2.10. The number of allylic oxidation sites excluding steroid dienone is 2. The zero-order chi connectivity index (χ0) is 8.15. The Morgan fingerprint density at radius 2 is 2.20 bits per heavy atom. The van der Waals surface area contributed by atoms with Crippen LogP contribution in [0.4, 0.5) is 0 Å². The Labute approximate surface area is 62.0 Å². The number of nitrogens with zero attached hydrogens (tertiary/aromatic N) is 1. The Bertz CT molecular complexity index is 149. The van der Waals surface area contributed by atoms with Gasteiger partial charge in [-0.3, -0.25) is 5.01 Å². The Hall–Kier alpha value is -0.960. The van der Waals surface area contributed by atoms with Crippen LogP contribution in [-0.2, 0) is 0 Å². The molecule has 0 aromatic carbocycles. The molecule has 0 heterocycles. The van der Waals surface area contributed by atoms with Crippen LogP contribution in [0.25, 0.3) is 0 Å². The summed E-state index contributed by atoms with van der Waals surface area (Å²) in [6, 6.07) is 0. The minimum absolute atomic E-state index is 0.812. The van der Waals surface area contributed by atoms with Crippen molar-refractivity contribution in [1.29, 1.82) is 0 Å². The van der Waals surface area contributed by atoms with Crippen molar-refractivity contribution in [3.63, 3.8) is 0 Å². The van der Waals surface area contributed by atoms with Gasteiger partial charge in [0.05, 0.1) is 0 Å². The maximum atomic E-state index is 5.57. The van der Waals surface area contributed by atoms with Gasteiger partial charge >= 0.3 is 0 Å². The summed E-state index contributed by atoms with van der Waals surface area (Å²) in [6.45, 7) is 7.57. The van der Waals surface area contributed by atoms with E-state index < -0.39 is 0 Å². The van der Waals surface area contributed by atoms with Crippen molar-refractivity contribution in [1.82, 2.24) is 5.01 Å². The minimum atomic E-state index is 0.812. The molecular weight excluding hydrogens is 126 g/mol. The van der Waals surface area contributed by atoms with E-state index in [2.05, 4.69) is 6.58 Å². The van der Waals surface area contributed by atoms with Gasteiger partial charge in [-0.05, 0) is 13.3 Å². The van der Waals surface area contributed by atoms with E-state index in [-0.39, 0.29) is 0 Å². The van der Waals surface area contributed by atoms with Gasteiger partial charge in [-0.2, -0.15) is 0 Å². The predicted molar refractivity (Wildman–Crippen MR) is 43.4 cm³/mol. The molecular formula is C7H15N3. The van der Waals surface area contributed by atoms with Crippen molar-refractivity contribution >= 4 is 0 Å². The molecule has 0 aliphatic heterocycles. The van der Waals surface area contributed by atoms with Gasteiger partial charge in [0.25, 0.3) is 0 Å². The van der Waals surface area contributed by atoms with Gasteiger partial charge < -0.3 is 5.73 Å². The first-order valence-corrected chi connectivity index (χ1v) is 3.24. The Morgan fingerprint density at radius 3 is 2.50 bits per heavy atom. The van der Waals surface area contributed by atoms with Crippen LogP contribution in [0.15, 0.2) is 24.2 Å². The molecule has 0 radical (unpaired) electrons. The molecule has 58 valence electrons. The van der Waals surface area contributed by atoms with Gasteiger partial charge in [-0.15, -0.1) is 0 Å². The van der Waals surface area contributed by atoms with Crippen LogP contribution < -0.4 is 11.6 Å². The molecule has 0 saturated carbocycles. The number of hydrazine groups is 1. The molecule has 0 aliphatic carbocycles. The summed E-state index contributed by atoms with van der Waals surface area (Å²) in [5.41, 5.74) is 6.91. The molecule has 0 amide bonds. The van der Waals surface area contributed by atoms with Crippen LogP contribution in [0, 0.1) is 0 Å². The Kier molecular flexibility index (Phi) is 3.57. The quantitative estimate of drug-likeness (QED) is 0.453. The van der Waals surface area contributed by atoms with Crippen LogP contribution in [0.1, 0.15) is 20.3 Å². The van der Waals surface area contributed by atoms with Crippen molar-refractivity contribution in [2.75, 3.05) is 0 Å². The summed E-state index contributed by atoms with van der Waals surface area (Å²) in [5, 5.41) is 1.49. The Morgan fingerprint density at radius 1 is 1.70 bits per heavy atom. The highest BCUT2D eigenvalue weighted by Gasteiger charge is 2.00. The molecule has 0 fully saturated rings. The van der Waals surface area contributed by atoms with Crippen LogP contribution in [-0.4, -0.2) is 5.01 Å². The summed E-state index contributed by atoms with van der Waals surface area (Å²) in [4.78, 5) is 0. The maximum Gasteiger partial charge on any atom is 0.0468 e. The van der Waals surface area contributed by atoms with Gasteiger partial charge in [0.15, 0.2) is 0 Å². The summed E-state index contributed by atoms with van der Waals surface area (Å²) >= 11 is 0. The summed E-state index contributed by atoms with van der Waals surface area (Å²) in [5.74, 6) is 5.57. The molecule has 10 heavy (non-hydrogen) atoms. The lowest BCUT2D eigenvalue weighted by atomic mass is 10.3. The first-order valence-electron chi connectivity index (χ1n) is 3.24. The van der Waals surface area contributed by atoms with E-state index in [4.69, 9.17) is 11.6 Å². The average molecular weight is 141 g/mol. The molecule has 0 spiro atoms. The molecule has 0 bridgehead atoms. The number of rotatable bonds is 3. The summed E-state index contributed by atoms with van der Waals surface area (Å²) in [7, 11) is 0. The molecule has 3 nitrogen and oxygen atoms in total. The van der Waals surface area contributed by atoms with Crippen LogP contribution in [0.3, 0.4) is 0 Å². The molecule has 0 aromatic rings. The lowest BCUT2D eigenvalue weighted by Crippen LogP contribution is -2.28. The second kappa shape index (κ2) is 3.95. The highest BCUT2D eigenvalue weighted by molar-refractivity contribution is 5.04. The summed E-state index contributed by atoms with van der Waals surface area (Å²) in [6.07, 6.45) is 2.29. The average Bonchev–Trinajstić information content (AvgIpc) is 2.00. The SMILES string of the molecule is C=C(CC)N(N)/C(C)=C\N. The van der Waals surface area contributed by atoms with Crippen molar-refractivity contribution in [2.24, 2.45) is 11.6 Å². The number of hydrogen-bond acceptors (Lipinski definition) is 3. The summed E-state index contributed by atoms with van der Waals surface area (Å²) < 4.78 is 0. The molecule has 0 rings (SSSR count). The topological polar surface area (TPSA) is 55.3 Å². The van der Waals surface area contributed by atoms with Crippen LogP contribution >= 0.6 is 0 Å². The fraction of sp³-hybridized carbons (Fsp3) is 0.429. The first kappa shape index (κ1) is 9.04. The molecule has 0 saturated heterocycles. The number of nitrogens with two attached hydrogens (primary N) is 2. The first-order chi connectivity index (χ1) is 4.63. The second-order valence-corrected chi connectivity index (χ2v) is 2.10. The van der Waals surface area contributed by atoms with E-state index in [1.165, 1.54) is 11.2 Å². The van der Waals surface area contributed by atoms with Crippen molar-refractivity contribution in [3.8, 4) is 0 Å². The molecule has 0 atom stereocenters. The van der Waals surface area contributed by atoms with Gasteiger partial charge in [-0.25, -0.2) is 5.84 Å². The van der Waals surface area contributed by atoms with Crippen molar-refractivity contribution in [2.45, 2.75) is 20.3 Å². The van der Waals surface area contributed by atoms with E-state index >= 15 is 0 Å². The highest BCUT2D eigenvalue weighted by Crippen LogP contribution is 2.06. The molecule has 0 unspecified atom stereocenters. The lowest BCUT2D eigenvalue weighted by Gasteiger charge is -2.19. The fourth-order valence-corrected chi connectivity index (χ4v) is 0.500. The largest absolute Gasteiger partial charge is 0.403 e. The standard InChI is InChI=1S/C7H15N3/c1-4-6(2)10(9)7(3)5-8/h5H,2,4,8-9H2,1,3H3/b7-5-. The van der Waals surface area contributed by atoms with E-state index in [9.17, 15) is 0 Å². The predicted octanol–water partition coefficient (Wildman–Crippen LogP) is 0.906. The van der Waals surface area contributed by atoms with E-state index in [1.807, 2.05) is 13.8 Å². The van der Waals surface area contributed by atoms with Crippen molar-refractivity contribution in [3.05, 3.63) is 24.2 Å². The van der Waals surface area contributed by atoms with E-state index in [0.717, 1.165) is 17.8 Å². The maximum absolute atomic E-state index is 5.57. The third-order valence-electron chi connectivity index (χ3n) is 1.37. The minimum Gasteiger partial charge on any atom is -0.403 e. The third-order valence-corrected chi connectivity index (χ3v) is 1.37. The van der Waals surface area contributed by atoms with E-state index in [0.29, 0.717) is 0 Å². The van der Waals surface area contributed by atoms with E-state index in [1.54, 1.807) is 0 Å². The van der Waals surface area contributed by atoms with Gasteiger partial charge in [-0.1, -0.05) is 13.5 Å². The molecule has 0 aliphatic rings. The van der Waals surface area contributed by atoms with Gasteiger partial charge in [0.1, 0.15) is 0 Å². The smallest absolute Gasteiger partial charge is 0.0468 e. The van der Waals surface area contributed by atoms with Gasteiger partial charge in [0.2, 0.25) is 0 Å². The van der Waals surface area contributed by atoms with Crippen LogP contribution in [0.2, 0.25) is 0 Å². The monoisotopic (exact) mass is 141 g/mol. The fourth-order valence-electron chi connectivity index (χ4n) is 0.500. The Balaban J connectivity index is 4.08. The number of hydrogen-bond donors (Lipinski definition) is 2. The zero-order valence-electron chi connectivity index (χ0n) is 6.59. The van der Waals surface area contributed by atoms with Crippen LogP contribution in [0.5, 0.6) is 0 Å². The molecule has 3 heteroatoms.